The van der Waals surface area contributed by atoms with Crippen molar-refractivity contribution in [3.05, 3.63) is 53.2 Å². The smallest absolute Gasteiger partial charge is 0.213 e. The zero-order valence-corrected chi connectivity index (χ0v) is 14.8. The summed E-state index contributed by atoms with van der Waals surface area (Å²) >= 11 is 5.96. The normalized spacial score (nSPS) is 11.2. The van der Waals surface area contributed by atoms with Gasteiger partial charge >= 0.3 is 0 Å². The number of rotatable bonds is 9. The highest BCUT2D eigenvalue weighted by Crippen LogP contribution is 2.23. The third kappa shape index (κ3) is 5.99. The maximum absolute atomic E-state index is 12.0. The number of aromatic nitrogens is 1. The van der Waals surface area contributed by atoms with Gasteiger partial charge in [0.25, 0.3) is 0 Å². The molecular weight excluding hydrogens is 352 g/mol. The highest BCUT2D eigenvalue weighted by atomic mass is 35.5. The van der Waals surface area contributed by atoms with Crippen molar-refractivity contribution in [2.75, 3.05) is 19.5 Å². The molecule has 1 N–H and O–H groups in total. The van der Waals surface area contributed by atoms with Gasteiger partial charge in [-0.15, -0.1) is 0 Å². The van der Waals surface area contributed by atoms with Gasteiger partial charge in [0.2, 0.25) is 15.9 Å². The van der Waals surface area contributed by atoms with E-state index in [0.29, 0.717) is 23.1 Å². The monoisotopic (exact) mass is 370 g/mol. The molecule has 1 aromatic carbocycles. The van der Waals surface area contributed by atoms with Crippen molar-refractivity contribution in [3.63, 3.8) is 0 Å². The van der Waals surface area contributed by atoms with Crippen molar-refractivity contribution in [2.45, 2.75) is 13.0 Å². The number of ether oxygens (including phenoxy) is 2. The first-order valence-electron chi connectivity index (χ1n) is 7.34. The number of nitrogens with one attached hydrogen (secondary N) is 1. The highest BCUT2D eigenvalue weighted by molar-refractivity contribution is 7.89. The van der Waals surface area contributed by atoms with Crippen molar-refractivity contribution in [3.8, 4) is 11.6 Å². The molecule has 8 heteroatoms. The fraction of sp³-hybridized carbons (Fsp3) is 0.312. The van der Waals surface area contributed by atoms with Crippen LogP contribution < -0.4 is 14.2 Å². The molecule has 24 heavy (non-hydrogen) atoms. The first-order valence-corrected chi connectivity index (χ1v) is 9.37. The number of nitrogens with zero attached hydrogens (tertiary/aromatic N) is 1. The van der Waals surface area contributed by atoms with Gasteiger partial charge in [-0.1, -0.05) is 23.7 Å². The molecule has 0 aliphatic carbocycles. The SMILES string of the molecule is COc1cc(CNS(=O)(=O)CCCOc2ccccc2Cl)ccn1. The molecule has 0 radical (unpaired) electrons. The molecule has 0 fully saturated rings. The molecular formula is C16H19ClN2O4S. The average molecular weight is 371 g/mol. The molecule has 0 aliphatic heterocycles. The zero-order valence-electron chi connectivity index (χ0n) is 13.2. The summed E-state index contributed by atoms with van der Waals surface area (Å²) in [6.07, 6.45) is 1.93. The van der Waals surface area contributed by atoms with Gasteiger partial charge in [0, 0.05) is 18.8 Å². The summed E-state index contributed by atoms with van der Waals surface area (Å²) in [6.45, 7) is 0.459. The number of hydrogen-bond acceptors (Lipinski definition) is 5. The molecule has 0 saturated heterocycles. The van der Waals surface area contributed by atoms with Crippen LogP contribution in [0.15, 0.2) is 42.6 Å². The summed E-state index contributed by atoms with van der Waals surface area (Å²) in [4.78, 5) is 3.97. The molecule has 0 unspecified atom stereocenters. The van der Waals surface area contributed by atoms with Crippen LogP contribution in [0.3, 0.4) is 0 Å². The van der Waals surface area contributed by atoms with Crippen LogP contribution in [0.1, 0.15) is 12.0 Å². The number of sulfonamides is 1. The Labute approximate surface area is 146 Å². The van der Waals surface area contributed by atoms with Crippen LogP contribution in [0.25, 0.3) is 0 Å². The van der Waals surface area contributed by atoms with E-state index in [-0.39, 0.29) is 18.9 Å². The Hall–Kier alpha value is -1.83. The van der Waals surface area contributed by atoms with E-state index in [9.17, 15) is 8.42 Å². The Morgan fingerprint density at radius 2 is 2.04 bits per heavy atom. The van der Waals surface area contributed by atoms with Crippen LogP contribution >= 0.6 is 11.6 Å². The Morgan fingerprint density at radius 1 is 1.25 bits per heavy atom. The second kappa shape index (κ2) is 8.86. The molecule has 1 heterocycles. The Kier molecular flexibility index (Phi) is 6.84. The van der Waals surface area contributed by atoms with Crippen molar-refractivity contribution < 1.29 is 17.9 Å². The minimum absolute atomic E-state index is 0.0281. The molecule has 0 saturated carbocycles. The maximum Gasteiger partial charge on any atom is 0.213 e. The molecule has 2 aromatic rings. The van der Waals surface area contributed by atoms with E-state index in [0.717, 1.165) is 5.56 Å². The summed E-state index contributed by atoms with van der Waals surface area (Å²) in [5.74, 6) is 0.966. The van der Waals surface area contributed by atoms with Crippen LogP contribution in [0.2, 0.25) is 5.02 Å². The third-order valence-corrected chi connectivity index (χ3v) is 4.88. The van der Waals surface area contributed by atoms with Crippen LogP contribution in [-0.4, -0.2) is 32.9 Å². The van der Waals surface area contributed by atoms with Gasteiger partial charge < -0.3 is 9.47 Å². The number of benzene rings is 1. The lowest BCUT2D eigenvalue weighted by Gasteiger charge is -2.09. The minimum atomic E-state index is -3.39. The van der Waals surface area contributed by atoms with Crippen LogP contribution in [0.4, 0.5) is 0 Å². The number of para-hydroxylation sites is 1. The fourth-order valence-corrected chi connectivity index (χ4v) is 3.15. The van der Waals surface area contributed by atoms with E-state index < -0.39 is 10.0 Å². The van der Waals surface area contributed by atoms with Gasteiger partial charge in [0.15, 0.2) is 0 Å². The number of hydrogen-bond donors (Lipinski definition) is 1. The van der Waals surface area contributed by atoms with Gasteiger partial charge in [0.05, 0.1) is 24.5 Å². The van der Waals surface area contributed by atoms with E-state index in [1.165, 1.54) is 7.11 Å². The topological polar surface area (TPSA) is 77.5 Å². The van der Waals surface area contributed by atoms with Crippen LogP contribution in [0.5, 0.6) is 11.6 Å². The van der Waals surface area contributed by atoms with Gasteiger partial charge in [0.1, 0.15) is 5.75 Å². The van der Waals surface area contributed by atoms with Crippen LogP contribution in [0, 0.1) is 0 Å². The van der Waals surface area contributed by atoms with E-state index in [1.54, 1.807) is 36.5 Å². The zero-order chi connectivity index (χ0) is 17.4. The van der Waals surface area contributed by atoms with Gasteiger partial charge in [-0.05, 0) is 30.2 Å². The van der Waals surface area contributed by atoms with E-state index in [4.69, 9.17) is 21.1 Å². The molecule has 0 bridgehead atoms. The second-order valence-electron chi connectivity index (χ2n) is 4.98. The first-order chi connectivity index (χ1) is 11.5. The third-order valence-electron chi connectivity index (χ3n) is 3.16. The van der Waals surface area contributed by atoms with Gasteiger partial charge in [-0.25, -0.2) is 18.1 Å². The molecule has 0 amide bonds. The largest absolute Gasteiger partial charge is 0.492 e. The standard InChI is InChI=1S/C16H19ClN2O4S/c1-22-16-11-13(7-8-18-16)12-19-24(20,21)10-4-9-23-15-6-3-2-5-14(15)17/h2-3,5-8,11,19H,4,9-10,12H2,1H3. The number of halogens is 1. The first kappa shape index (κ1) is 18.5. The van der Waals surface area contributed by atoms with Crippen molar-refractivity contribution >= 4 is 21.6 Å². The van der Waals surface area contributed by atoms with E-state index >= 15 is 0 Å². The number of methoxy groups -OCH3 is 1. The lowest BCUT2D eigenvalue weighted by atomic mass is 10.3. The fourth-order valence-electron chi connectivity index (χ4n) is 1.93. The minimum Gasteiger partial charge on any atom is -0.492 e. The Balaban J connectivity index is 1.76. The van der Waals surface area contributed by atoms with Gasteiger partial charge in [-0.2, -0.15) is 0 Å². The van der Waals surface area contributed by atoms with Crippen molar-refractivity contribution in [2.24, 2.45) is 0 Å². The molecule has 6 nitrogen and oxygen atoms in total. The van der Waals surface area contributed by atoms with E-state index in [1.807, 2.05) is 6.07 Å². The predicted octanol–water partition coefficient (Wildman–Crippen LogP) is 2.63. The summed E-state index contributed by atoms with van der Waals surface area (Å²) in [6, 6.07) is 10.5. The molecule has 1 aromatic heterocycles. The second-order valence-corrected chi connectivity index (χ2v) is 7.31. The summed E-state index contributed by atoms with van der Waals surface area (Å²) in [5, 5.41) is 0.505. The number of pyridine rings is 1. The molecule has 0 aliphatic rings. The van der Waals surface area contributed by atoms with Crippen LogP contribution in [-0.2, 0) is 16.6 Å². The summed E-state index contributed by atoms with van der Waals surface area (Å²) in [5.41, 5.74) is 0.776. The highest BCUT2D eigenvalue weighted by Gasteiger charge is 2.10. The Bertz CT molecular complexity index is 768. The molecule has 130 valence electrons. The Morgan fingerprint density at radius 3 is 2.79 bits per heavy atom. The summed E-state index contributed by atoms with van der Waals surface area (Å²) in [7, 11) is -1.88. The summed E-state index contributed by atoms with van der Waals surface area (Å²) < 4.78 is 37.0. The molecule has 0 atom stereocenters. The molecule has 2 rings (SSSR count). The average Bonchev–Trinajstić information content (AvgIpc) is 2.59. The van der Waals surface area contributed by atoms with Crippen molar-refractivity contribution in [1.82, 2.24) is 9.71 Å². The van der Waals surface area contributed by atoms with Gasteiger partial charge in [-0.3, -0.25) is 0 Å². The van der Waals surface area contributed by atoms with Crippen molar-refractivity contribution in [1.29, 1.82) is 0 Å². The lowest BCUT2D eigenvalue weighted by molar-refractivity contribution is 0.317. The predicted molar refractivity (Wildman–Crippen MR) is 93.0 cm³/mol. The molecule has 0 spiro atoms. The quantitative estimate of drug-likeness (QED) is 0.686. The lowest BCUT2D eigenvalue weighted by Crippen LogP contribution is -2.26. The maximum atomic E-state index is 12.0. The van der Waals surface area contributed by atoms with E-state index in [2.05, 4.69) is 9.71 Å².